The SMILES string of the molecule is Cc1csc(C(C)NC(=O)C(=O)NN)n1. The Labute approximate surface area is 90.8 Å². The van der Waals surface area contributed by atoms with E-state index in [1.54, 1.807) is 12.3 Å². The van der Waals surface area contributed by atoms with Crippen LogP contribution in [0.2, 0.25) is 0 Å². The highest BCUT2D eigenvalue weighted by molar-refractivity contribution is 7.09. The fraction of sp³-hybridized carbons (Fsp3) is 0.375. The third kappa shape index (κ3) is 3.00. The predicted octanol–water partition coefficient (Wildman–Crippen LogP) is -0.381. The van der Waals surface area contributed by atoms with E-state index in [9.17, 15) is 9.59 Å². The van der Waals surface area contributed by atoms with Crippen molar-refractivity contribution < 1.29 is 9.59 Å². The normalized spacial score (nSPS) is 11.9. The van der Waals surface area contributed by atoms with Crippen LogP contribution in [-0.2, 0) is 9.59 Å². The van der Waals surface area contributed by atoms with Gasteiger partial charge in [-0.05, 0) is 13.8 Å². The zero-order chi connectivity index (χ0) is 11.4. The summed E-state index contributed by atoms with van der Waals surface area (Å²) in [4.78, 5) is 26.1. The monoisotopic (exact) mass is 228 g/mol. The summed E-state index contributed by atoms with van der Waals surface area (Å²) in [6, 6.07) is -0.298. The number of amides is 2. The molecule has 1 aromatic rings. The first-order valence-corrected chi connectivity index (χ1v) is 5.16. The number of aromatic nitrogens is 1. The number of aryl methyl sites for hydroxylation is 1. The molecule has 0 saturated heterocycles. The molecule has 0 aliphatic rings. The second-order valence-electron chi connectivity index (χ2n) is 3.00. The second-order valence-corrected chi connectivity index (χ2v) is 3.89. The van der Waals surface area contributed by atoms with Gasteiger partial charge >= 0.3 is 11.8 Å². The largest absolute Gasteiger partial charge is 0.339 e. The summed E-state index contributed by atoms with van der Waals surface area (Å²) < 4.78 is 0. The van der Waals surface area contributed by atoms with Gasteiger partial charge in [-0.2, -0.15) is 0 Å². The van der Waals surface area contributed by atoms with Crippen molar-refractivity contribution in [3.63, 3.8) is 0 Å². The first kappa shape index (κ1) is 11.6. The van der Waals surface area contributed by atoms with Crippen LogP contribution in [0.4, 0.5) is 0 Å². The van der Waals surface area contributed by atoms with Crippen molar-refractivity contribution in [1.82, 2.24) is 15.7 Å². The number of nitrogens with zero attached hydrogens (tertiary/aromatic N) is 1. The maximum Gasteiger partial charge on any atom is 0.323 e. The Morgan fingerprint density at radius 3 is 2.67 bits per heavy atom. The van der Waals surface area contributed by atoms with E-state index in [4.69, 9.17) is 5.84 Å². The van der Waals surface area contributed by atoms with E-state index in [-0.39, 0.29) is 6.04 Å². The van der Waals surface area contributed by atoms with Crippen LogP contribution in [-0.4, -0.2) is 16.8 Å². The fourth-order valence-corrected chi connectivity index (χ4v) is 1.76. The average molecular weight is 228 g/mol. The molecule has 4 N–H and O–H groups in total. The lowest BCUT2D eigenvalue weighted by molar-refractivity contribution is -0.139. The molecule has 82 valence electrons. The van der Waals surface area contributed by atoms with Gasteiger partial charge in [0.1, 0.15) is 5.01 Å². The standard InChI is InChI=1S/C8H12N4O2S/c1-4-3-15-8(10-4)5(2)11-6(13)7(14)12-9/h3,5H,9H2,1-2H3,(H,11,13)(H,12,14). The zero-order valence-electron chi connectivity index (χ0n) is 8.40. The number of nitrogens with two attached hydrogens (primary N) is 1. The van der Waals surface area contributed by atoms with Crippen LogP contribution >= 0.6 is 11.3 Å². The molecule has 1 heterocycles. The smallest absolute Gasteiger partial charge is 0.323 e. The molecule has 0 aliphatic carbocycles. The summed E-state index contributed by atoms with van der Waals surface area (Å²) in [7, 11) is 0. The van der Waals surface area contributed by atoms with Crippen molar-refractivity contribution in [3.05, 3.63) is 16.1 Å². The number of carbonyl (C=O) groups is 2. The molecule has 0 radical (unpaired) electrons. The van der Waals surface area contributed by atoms with Gasteiger partial charge in [0.15, 0.2) is 0 Å². The van der Waals surface area contributed by atoms with Gasteiger partial charge in [0.05, 0.1) is 6.04 Å². The Bertz CT molecular complexity index is 376. The van der Waals surface area contributed by atoms with Gasteiger partial charge in [-0.25, -0.2) is 10.8 Å². The number of hydrogen-bond acceptors (Lipinski definition) is 5. The number of rotatable bonds is 2. The Kier molecular flexibility index (Phi) is 3.75. The number of thiazole rings is 1. The highest BCUT2D eigenvalue weighted by Gasteiger charge is 2.17. The number of hydrogen-bond donors (Lipinski definition) is 3. The van der Waals surface area contributed by atoms with E-state index >= 15 is 0 Å². The van der Waals surface area contributed by atoms with Gasteiger partial charge in [0, 0.05) is 11.1 Å². The molecular formula is C8H12N4O2S. The first-order chi connectivity index (χ1) is 7.04. The summed E-state index contributed by atoms with van der Waals surface area (Å²) in [5.41, 5.74) is 2.65. The third-order valence-corrected chi connectivity index (χ3v) is 2.84. The van der Waals surface area contributed by atoms with Crippen LogP contribution in [0.25, 0.3) is 0 Å². The van der Waals surface area contributed by atoms with E-state index in [0.29, 0.717) is 0 Å². The third-order valence-electron chi connectivity index (χ3n) is 1.69. The Morgan fingerprint density at radius 2 is 2.20 bits per heavy atom. The van der Waals surface area contributed by atoms with E-state index in [2.05, 4.69) is 10.3 Å². The van der Waals surface area contributed by atoms with Crippen LogP contribution in [0, 0.1) is 6.92 Å². The van der Waals surface area contributed by atoms with Crippen molar-refractivity contribution in [1.29, 1.82) is 0 Å². The molecule has 0 saturated carbocycles. The second kappa shape index (κ2) is 4.85. The molecule has 2 amide bonds. The van der Waals surface area contributed by atoms with Crippen LogP contribution in [0.15, 0.2) is 5.38 Å². The van der Waals surface area contributed by atoms with E-state index < -0.39 is 11.8 Å². The van der Waals surface area contributed by atoms with E-state index in [1.807, 2.05) is 12.3 Å². The van der Waals surface area contributed by atoms with Crippen molar-refractivity contribution in [3.8, 4) is 0 Å². The molecule has 1 atom stereocenters. The van der Waals surface area contributed by atoms with Gasteiger partial charge < -0.3 is 5.32 Å². The van der Waals surface area contributed by atoms with Gasteiger partial charge in [0.25, 0.3) is 0 Å². The van der Waals surface area contributed by atoms with Crippen LogP contribution in [0.5, 0.6) is 0 Å². The molecule has 1 unspecified atom stereocenters. The van der Waals surface area contributed by atoms with E-state index in [1.165, 1.54) is 11.3 Å². The van der Waals surface area contributed by atoms with Crippen molar-refractivity contribution in [2.45, 2.75) is 19.9 Å². The molecule has 6 nitrogen and oxygen atoms in total. The number of nitrogens with one attached hydrogen (secondary N) is 2. The molecule has 0 fully saturated rings. The van der Waals surface area contributed by atoms with Crippen LogP contribution in [0.3, 0.4) is 0 Å². The Hall–Kier alpha value is -1.47. The lowest BCUT2D eigenvalue weighted by Gasteiger charge is -2.09. The molecule has 1 aromatic heterocycles. The highest BCUT2D eigenvalue weighted by atomic mass is 32.1. The average Bonchev–Trinajstić information content (AvgIpc) is 2.63. The quantitative estimate of drug-likeness (QED) is 0.278. The molecule has 0 aliphatic heterocycles. The molecule has 0 spiro atoms. The predicted molar refractivity (Wildman–Crippen MR) is 55.7 cm³/mol. The minimum atomic E-state index is -0.866. The maximum absolute atomic E-state index is 11.1. The number of carbonyl (C=O) groups excluding carboxylic acids is 2. The lowest BCUT2D eigenvalue weighted by atomic mass is 10.3. The molecule has 0 aromatic carbocycles. The van der Waals surface area contributed by atoms with Crippen molar-refractivity contribution >= 4 is 23.2 Å². The number of hydrazine groups is 1. The molecule has 1 rings (SSSR count). The Balaban J connectivity index is 2.60. The maximum atomic E-state index is 11.1. The topological polar surface area (TPSA) is 97.1 Å². The van der Waals surface area contributed by atoms with Gasteiger partial charge in [-0.3, -0.25) is 15.0 Å². The summed E-state index contributed by atoms with van der Waals surface area (Å²) in [5.74, 6) is 3.19. The Morgan fingerprint density at radius 1 is 1.53 bits per heavy atom. The van der Waals surface area contributed by atoms with E-state index in [0.717, 1.165) is 10.7 Å². The van der Waals surface area contributed by atoms with Gasteiger partial charge in [-0.1, -0.05) is 0 Å². The van der Waals surface area contributed by atoms with Crippen molar-refractivity contribution in [2.75, 3.05) is 0 Å². The minimum absolute atomic E-state index is 0.298. The molecule has 15 heavy (non-hydrogen) atoms. The van der Waals surface area contributed by atoms with Crippen LogP contribution < -0.4 is 16.6 Å². The summed E-state index contributed by atoms with van der Waals surface area (Å²) in [6.45, 7) is 3.61. The summed E-state index contributed by atoms with van der Waals surface area (Å²) >= 11 is 1.43. The lowest BCUT2D eigenvalue weighted by Crippen LogP contribution is -2.43. The van der Waals surface area contributed by atoms with Gasteiger partial charge in [0.2, 0.25) is 0 Å². The van der Waals surface area contributed by atoms with Gasteiger partial charge in [-0.15, -0.1) is 11.3 Å². The van der Waals surface area contributed by atoms with Crippen molar-refractivity contribution in [2.24, 2.45) is 5.84 Å². The van der Waals surface area contributed by atoms with Crippen LogP contribution in [0.1, 0.15) is 23.7 Å². The summed E-state index contributed by atoms with van der Waals surface area (Å²) in [5, 5.41) is 5.11. The highest BCUT2D eigenvalue weighted by Crippen LogP contribution is 2.16. The first-order valence-electron chi connectivity index (χ1n) is 4.28. The molecule has 0 bridgehead atoms. The fourth-order valence-electron chi connectivity index (χ4n) is 0.961. The zero-order valence-corrected chi connectivity index (χ0v) is 9.22. The molecule has 7 heteroatoms. The summed E-state index contributed by atoms with van der Waals surface area (Å²) in [6.07, 6.45) is 0. The minimum Gasteiger partial charge on any atom is -0.339 e. The molecular weight excluding hydrogens is 216 g/mol.